The number of halogens is 3. The van der Waals surface area contributed by atoms with Gasteiger partial charge < -0.3 is 4.52 Å². The standard InChI is InChI=1S/C13H9F3N4O2S2/c1-24(21,12-17-6-7-23-12)20-9-4-2-8(3-5-9)10-18-11(22-19-10)13(14,15)16/h2-7H,1H3. The lowest BCUT2D eigenvalue weighted by atomic mass is 10.2. The summed E-state index contributed by atoms with van der Waals surface area (Å²) in [7, 11) is -2.68. The molecule has 1 unspecified atom stereocenters. The third-order valence-corrected chi connectivity index (χ3v) is 5.90. The quantitative estimate of drug-likeness (QED) is 0.692. The van der Waals surface area contributed by atoms with E-state index in [1.807, 2.05) is 0 Å². The molecule has 0 N–H and O–H groups in total. The van der Waals surface area contributed by atoms with Crippen molar-refractivity contribution >= 4 is 26.8 Å². The summed E-state index contributed by atoms with van der Waals surface area (Å²) in [5.74, 6) is -1.60. The van der Waals surface area contributed by atoms with Crippen LogP contribution in [0.15, 0.2) is 49.1 Å². The fraction of sp³-hybridized carbons (Fsp3) is 0.154. The summed E-state index contributed by atoms with van der Waals surface area (Å²) >= 11 is 1.23. The molecule has 3 rings (SSSR count). The Morgan fingerprint density at radius 3 is 2.50 bits per heavy atom. The van der Waals surface area contributed by atoms with Gasteiger partial charge in [-0.25, -0.2) is 9.19 Å². The molecule has 24 heavy (non-hydrogen) atoms. The first-order valence-corrected chi connectivity index (χ1v) is 9.19. The molecule has 0 radical (unpaired) electrons. The van der Waals surface area contributed by atoms with Gasteiger partial charge in [-0.3, -0.25) is 0 Å². The van der Waals surface area contributed by atoms with Gasteiger partial charge in [0, 0.05) is 23.4 Å². The lowest BCUT2D eigenvalue weighted by Crippen LogP contribution is -2.04. The molecule has 3 aromatic rings. The minimum atomic E-state index is -4.69. The van der Waals surface area contributed by atoms with E-state index in [1.165, 1.54) is 48.1 Å². The molecule has 2 heterocycles. The Kier molecular flexibility index (Phi) is 4.13. The molecule has 1 atom stereocenters. The van der Waals surface area contributed by atoms with Crippen molar-refractivity contribution in [2.45, 2.75) is 10.5 Å². The zero-order chi connectivity index (χ0) is 17.4. The Hall–Kier alpha value is -2.27. The molecule has 0 spiro atoms. The zero-order valence-corrected chi connectivity index (χ0v) is 13.7. The number of hydrogen-bond donors (Lipinski definition) is 0. The molecule has 126 valence electrons. The third-order valence-electron chi connectivity index (χ3n) is 2.81. The summed E-state index contributed by atoms with van der Waals surface area (Å²) in [4.78, 5) is 7.28. The molecule has 0 fully saturated rings. The third kappa shape index (κ3) is 3.46. The number of nitrogens with zero attached hydrogens (tertiary/aromatic N) is 4. The molecule has 0 bridgehead atoms. The zero-order valence-electron chi connectivity index (χ0n) is 12.0. The summed E-state index contributed by atoms with van der Waals surface area (Å²) in [6.45, 7) is 0. The monoisotopic (exact) mass is 374 g/mol. The summed E-state index contributed by atoms with van der Waals surface area (Å²) in [5.41, 5.74) is 0.728. The van der Waals surface area contributed by atoms with E-state index in [0.717, 1.165) is 0 Å². The van der Waals surface area contributed by atoms with Gasteiger partial charge in [0.15, 0.2) is 4.34 Å². The molecule has 11 heteroatoms. The summed E-state index contributed by atoms with van der Waals surface area (Å²) < 4.78 is 58.6. The van der Waals surface area contributed by atoms with Crippen LogP contribution >= 0.6 is 11.3 Å². The van der Waals surface area contributed by atoms with Gasteiger partial charge in [0.2, 0.25) is 5.82 Å². The number of hydrogen-bond acceptors (Lipinski definition) is 7. The largest absolute Gasteiger partial charge is 0.471 e. The first-order chi connectivity index (χ1) is 11.3. The minimum absolute atomic E-state index is 0.189. The van der Waals surface area contributed by atoms with Crippen LogP contribution in [0.1, 0.15) is 5.89 Å². The SMILES string of the molecule is CS(=O)(=Nc1ccc(-c2noc(C(F)(F)F)n2)cc1)c1nccs1. The van der Waals surface area contributed by atoms with Crippen molar-refractivity contribution in [3.8, 4) is 11.4 Å². The van der Waals surface area contributed by atoms with Gasteiger partial charge >= 0.3 is 12.1 Å². The first kappa shape index (κ1) is 16.6. The van der Waals surface area contributed by atoms with Gasteiger partial charge in [-0.1, -0.05) is 5.16 Å². The highest BCUT2D eigenvalue weighted by atomic mass is 32.2. The van der Waals surface area contributed by atoms with Crippen molar-refractivity contribution in [3.05, 3.63) is 41.7 Å². The van der Waals surface area contributed by atoms with Crippen LogP contribution in [-0.2, 0) is 15.9 Å². The predicted octanol–water partition coefficient (Wildman–Crippen LogP) is 4.00. The molecular formula is C13H9F3N4O2S2. The van der Waals surface area contributed by atoms with Crippen LogP contribution in [0.3, 0.4) is 0 Å². The number of rotatable bonds is 3. The van der Waals surface area contributed by atoms with Crippen LogP contribution in [0.2, 0.25) is 0 Å². The van der Waals surface area contributed by atoms with E-state index in [-0.39, 0.29) is 5.82 Å². The summed E-state index contributed by atoms with van der Waals surface area (Å²) in [6.07, 6.45) is -1.69. The van der Waals surface area contributed by atoms with Gasteiger partial charge in [-0.05, 0) is 24.3 Å². The number of alkyl halides is 3. The average Bonchev–Trinajstić information content (AvgIpc) is 3.19. The van der Waals surface area contributed by atoms with Crippen molar-refractivity contribution in [1.82, 2.24) is 15.1 Å². The Labute approximate surface area is 138 Å². The summed E-state index contributed by atoms with van der Waals surface area (Å²) in [6, 6.07) is 5.97. The molecule has 0 aliphatic rings. The molecule has 0 saturated carbocycles. The molecule has 0 aliphatic carbocycles. The molecule has 2 aromatic heterocycles. The predicted molar refractivity (Wildman–Crippen MR) is 81.3 cm³/mol. The Bertz CT molecular complexity index is 956. The van der Waals surface area contributed by atoms with Crippen LogP contribution in [0.5, 0.6) is 0 Å². The van der Waals surface area contributed by atoms with Gasteiger partial charge in [0.25, 0.3) is 0 Å². The maximum absolute atomic E-state index is 12.5. The van der Waals surface area contributed by atoms with Crippen LogP contribution in [0.25, 0.3) is 11.4 Å². The minimum Gasteiger partial charge on any atom is -0.329 e. The highest BCUT2D eigenvalue weighted by Crippen LogP contribution is 2.30. The van der Waals surface area contributed by atoms with E-state index in [4.69, 9.17) is 0 Å². The van der Waals surface area contributed by atoms with Crippen LogP contribution in [-0.4, -0.2) is 25.6 Å². The fourth-order valence-electron chi connectivity index (χ4n) is 1.76. The number of thiazole rings is 1. The van der Waals surface area contributed by atoms with Gasteiger partial charge in [0.1, 0.15) is 9.73 Å². The van der Waals surface area contributed by atoms with Crippen LogP contribution in [0.4, 0.5) is 18.9 Å². The average molecular weight is 374 g/mol. The lowest BCUT2D eigenvalue weighted by molar-refractivity contribution is -0.159. The van der Waals surface area contributed by atoms with Crippen LogP contribution < -0.4 is 0 Å². The number of aromatic nitrogens is 3. The van der Waals surface area contributed by atoms with E-state index in [1.54, 1.807) is 5.38 Å². The summed E-state index contributed by atoms with van der Waals surface area (Å²) in [5, 5.41) is 5.00. The second-order valence-corrected chi connectivity index (χ2v) is 7.99. The molecule has 6 nitrogen and oxygen atoms in total. The first-order valence-electron chi connectivity index (χ1n) is 6.39. The van der Waals surface area contributed by atoms with E-state index >= 15 is 0 Å². The smallest absolute Gasteiger partial charge is 0.329 e. The Morgan fingerprint density at radius 2 is 1.96 bits per heavy atom. The maximum atomic E-state index is 12.5. The van der Waals surface area contributed by atoms with E-state index in [9.17, 15) is 17.4 Å². The van der Waals surface area contributed by atoms with Crippen molar-refractivity contribution in [2.24, 2.45) is 4.36 Å². The highest BCUT2D eigenvalue weighted by Gasteiger charge is 2.38. The van der Waals surface area contributed by atoms with Crippen molar-refractivity contribution in [2.75, 3.05) is 6.26 Å². The lowest BCUT2D eigenvalue weighted by Gasteiger charge is -2.01. The topological polar surface area (TPSA) is 81.2 Å². The van der Waals surface area contributed by atoms with E-state index < -0.39 is 21.8 Å². The van der Waals surface area contributed by atoms with Crippen molar-refractivity contribution in [3.63, 3.8) is 0 Å². The van der Waals surface area contributed by atoms with Gasteiger partial charge in [-0.15, -0.1) is 11.3 Å². The van der Waals surface area contributed by atoms with E-state index in [2.05, 4.69) is 24.0 Å². The van der Waals surface area contributed by atoms with Gasteiger partial charge in [-0.2, -0.15) is 22.5 Å². The van der Waals surface area contributed by atoms with Gasteiger partial charge in [0.05, 0.1) is 5.69 Å². The Balaban J connectivity index is 1.89. The molecule has 1 aromatic carbocycles. The van der Waals surface area contributed by atoms with Crippen molar-refractivity contribution < 1.29 is 21.9 Å². The molecular weight excluding hydrogens is 365 g/mol. The molecule has 0 saturated heterocycles. The van der Waals surface area contributed by atoms with Crippen molar-refractivity contribution in [1.29, 1.82) is 0 Å². The highest BCUT2D eigenvalue weighted by molar-refractivity contribution is 7.94. The van der Waals surface area contributed by atoms with E-state index in [0.29, 0.717) is 15.6 Å². The van der Waals surface area contributed by atoms with Crippen LogP contribution in [0, 0.1) is 0 Å². The second kappa shape index (κ2) is 5.98. The molecule has 0 aliphatic heterocycles. The maximum Gasteiger partial charge on any atom is 0.471 e. The normalized spacial score (nSPS) is 14.3. The fourth-order valence-corrected chi connectivity index (χ4v) is 3.98. The second-order valence-electron chi connectivity index (χ2n) is 4.66. The Morgan fingerprint density at radius 1 is 1.25 bits per heavy atom. The number of benzene rings is 1. The molecule has 0 amide bonds.